The summed E-state index contributed by atoms with van der Waals surface area (Å²) in [5, 5.41) is 10.5. The molecule has 2 saturated heterocycles. The van der Waals surface area contributed by atoms with Gasteiger partial charge in [-0.1, -0.05) is 0 Å². The second kappa shape index (κ2) is 8.50. The average Bonchev–Trinajstić information content (AvgIpc) is 3.51. The highest BCUT2D eigenvalue weighted by Crippen LogP contribution is 2.32. The number of carbonyl (C=O) groups is 2. The zero-order valence-corrected chi connectivity index (χ0v) is 17.8. The van der Waals surface area contributed by atoms with Crippen molar-refractivity contribution in [2.75, 3.05) is 32.8 Å². The van der Waals surface area contributed by atoms with Gasteiger partial charge < -0.3 is 19.3 Å². The Balaban J connectivity index is 1.11. The zero-order chi connectivity index (χ0) is 23.9. The van der Waals surface area contributed by atoms with E-state index in [2.05, 4.69) is 20.1 Å². The molecule has 2 aliphatic rings. The number of likely N-dealkylation sites (tertiary alicyclic amines) is 2. The van der Waals surface area contributed by atoms with Gasteiger partial charge in [-0.15, -0.1) is 13.2 Å². The summed E-state index contributed by atoms with van der Waals surface area (Å²) in [6.07, 6.45) is -4.77. The Morgan fingerprint density at radius 2 is 1.53 bits per heavy atom. The van der Waals surface area contributed by atoms with Crippen molar-refractivity contribution in [2.24, 2.45) is 11.8 Å². The van der Waals surface area contributed by atoms with E-state index in [4.69, 9.17) is 4.74 Å². The van der Waals surface area contributed by atoms with E-state index in [1.165, 1.54) is 12.1 Å². The number of nitrogens with zero attached hydrogens (tertiary/aromatic N) is 4. The van der Waals surface area contributed by atoms with E-state index in [1.807, 2.05) is 0 Å². The van der Waals surface area contributed by atoms with Gasteiger partial charge in [0.15, 0.2) is 6.61 Å². The van der Waals surface area contributed by atoms with Crippen LogP contribution in [0.2, 0.25) is 0 Å². The topological polar surface area (TPSA) is 101 Å². The largest absolute Gasteiger partial charge is 0.573 e. The lowest BCUT2D eigenvalue weighted by molar-refractivity contribution is -0.274. The summed E-state index contributed by atoms with van der Waals surface area (Å²) in [5.41, 5.74) is 1.87. The van der Waals surface area contributed by atoms with E-state index >= 15 is 0 Å². The molecule has 2 aliphatic heterocycles. The normalized spacial score (nSPS) is 20.0. The highest BCUT2D eigenvalue weighted by atomic mass is 19.4. The molecule has 0 unspecified atom stereocenters. The van der Waals surface area contributed by atoms with Crippen LogP contribution in [-0.2, 0) is 4.79 Å². The zero-order valence-electron chi connectivity index (χ0n) is 17.8. The van der Waals surface area contributed by atoms with Crippen molar-refractivity contribution >= 4 is 22.8 Å². The van der Waals surface area contributed by atoms with Crippen LogP contribution in [0.1, 0.15) is 10.4 Å². The van der Waals surface area contributed by atoms with E-state index in [1.54, 1.807) is 28.0 Å². The third-order valence-electron chi connectivity index (χ3n) is 6.11. The van der Waals surface area contributed by atoms with Gasteiger partial charge in [-0.3, -0.25) is 9.59 Å². The number of amides is 2. The van der Waals surface area contributed by atoms with Crippen LogP contribution in [0.5, 0.6) is 11.5 Å². The second-order valence-corrected chi connectivity index (χ2v) is 8.36. The molecule has 2 fully saturated rings. The lowest BCUT2D eigenvalue weighted by Gasteiger charge is -2.22. The number of fused-ring (bicyclic) bond motifs is 2. The van der Waals surface area contributed by atoms with Crippen molar-refractivity contribution in [2.45, 2.75) is 6.36 Å². The number of aromatic nitrogens is 3. The van der Waals surface area contributed by atoms with Gasteiger partial charge in [0.1, 0.15) is 22.5 Å². The van der Waals surface area contributed by atoms with Gasteiger partial charge in [-0.25, -0.2) is 0 Å². The number of aromatic amines is 1. The molecular formula is C22H20F3N5O4. The monoisotopic (exact) mass is 475 g/mol. The van der Waals surface area contributed by atoms with Crippen molar-refractivity contribution in [3.05, 3.63) is 48.0 Å². The van der Waals surface area contributed by atoms with Crippen molar-refractivity contribution in [3.8, 4) is 11.5 Å². The SMILES string of the molecule is O=C(COc1ccc(OC(F)(F)F)cc1)N1C[C@@H]2CN(C(=O)c3ccc4n[nH]nc4c3)C[C@H]2C1. The molecular weight excluding hydrogens is 455 g/mol. The average molecular weight is 475 g/mol. The molecule has 9 nitrogen and oxygen atoms in total. The maximum atomic E-state index is 12.9. The molecule has 3 aromatic rings. The van der Waals surface area contributed by atoms with Crippen LogP contribution in [0.3, 0.4) is 0 Å². The number of alkyl halides is 3. The fourth-order valence-electron chi connectivity index (χ4n) is 4.49. The maximum absolute atomic E-state index is 12.9. The second-order valence-electron chi connectivity index (χ2n) is 8.36. The molecule has 12 heteroatoms. The Kier molecular flexibility index (Phi) is 5.50. The number of benzene rings is 2. The number of H-pyrrole nitrogens is 1. The molecule has 178 valence electrons. The summed E-state index contributed by atoms with van der Waals surface area (Å²) in [6, 6.07) is 10.1. The Morgan fingerprint density at radius 1 is 0.912 bits per heavy atom. The molecule has 5 rings (SSSR count). The standard InChI is InChI=1S/C22H20F3N5O4/c23-22(24,25)34-17-4-2-16(3-5-17)33-12-20(31)29-8-14-10-30(11-15(14)9-29)21(32)13-1-6-18-19(7-13)27-28-26-18/h1-7,14-15H,8-12H2,(H,26,27,28)/t14-,15-/m1/s1. The first-order chi connectivity index (χ1) is 16.2. The van der Waals surface area contributed by atoms with Crippen molar-refractivity contribution < 1.29 is 32.2 Å². The predicted molar refractivity (Wildman–Crippen MR) is 112 cm³/mol. The number of carbonyl (C=O) groups excluding carboxylic acids is 2. The van der Waals surface area contributed by atoms with E-state index in [0.717, 1.165) is 12.1 Å². The highest BCUT2D eigenvalue weighted by Gasteiger charge is 2.43. The summed E-state index contributed by atoms with van der Waals surface area (Å²) in [5.74, 6) is -0.00971. The quantitative estimate of drug-likeness (QED) is 0.609. The Labute approximate surface area is 191 Å². The smallest absolute Gasteiger partial charge is 0.484 e. The summed E-state index contributed by atoms with van der Waals surface area (Å²) in [4.78, 5) is 29.0. The minimum Gasteiger partial charge on any atom is -0.484 e. The summed E-state index contributed by atoms with van der Waals surface area (Å²) >= 11 is 0. The molecule has 2 aromatic carbocycles. The highest BCUT2D eigenvalue weighted by molar-refractivity contribution is 5.97. The van der Waals surface area contributed by atoms with Gasteiger partial charge >= 0.3 is 6.36 Å². The van der Waals surface area contributed by atoms with Gasteiger partial charge in [0.05, 0.1) is 0 Å². The van der Waals surface area contributed by atoms with Crippen LogP contribution in [0.4, 0.5) is 13.2 Å². The number of hydrogen-bond acceptors (Lipinski definition) is 6. The van der Waals surface area contributed by atoms with Gasteiger partial charge in [-0.05, 0) is 42.5 Å². The molecule has 2 amide bonds. The molecule has 0 radical (unpaired) electrons. The first-order valence-electron chi connectivity index (χ1n) is 10.6. The van der Waals surface area contributed by atoms with Gasteiger partial charge in [-0.2, -0.15) is 15.4 Å². The molecule has 3 heterocycles. The lowest BCUT2D eigenvalue weighted by atomic mass is 10.0. The third kappa shape index (κ3) is 4.61. The Hall–Kier alpha value is -3.83. The first-order valence-corrected chi connectivity index (χ1v) is 10.6. The van der Waals surface area contributed by atoms with Gasteiger partial charge in [0.25, 0.3) is 11.8 Å². The predicted octanol–water partition coefficient (Wildman–Crippen LogP) is 2.47. The molecule has 0 bridgehead atoms. The van der Waals surface area contributed by atoms with E-state index < -0.39 is 6.36 Å². The summed E-state index contributed by atoms with van der Waals surface area (Å²) in [6.45, 7) is 1.95. The van der Waals surface area contributed by atoms with E-state index in [-0.39, 0.29) is 41.8 Å². The van der Waals surface area contributed by atoms with E-state index in [9.17, 15) is 22.8 Å². The third-order valence-corrected chi connectivity index (χ3v) is 6.11. The molecule has 1 aromatic heterocycles. The van der Waals surface area contributed by atoms with Crippen LogP contribution in [0.25, 0.3) is 11.0 Å². The number of ether oxygens (including phenoxy) is 2. The number of hydrogen-bond donors (Lipinski definition) is 1. The van der Waals surface area contributed by atoms with Crippen LogP contribution >= 0.6 is 0 Å². The number of rotatable bonds is 5. The maximum Gasteiger partial charge on any atom is 0.573 e. The molecule has 0 saturated carbocycles. The van der Waals surface area contributed by atoms with Crippen LogP contribution in [-0.4, -0.2) is 76.2 Å². The lowest BCUT2D eigenvalue weighted by Crippen LogP contribution is -2.37. The molecule has 0 aliphatic carbocycles. The number of halogens is 3. The van der Waals surface area contributed by atoms with E-state index in [0.29, 0.717) is 42.8 Å². The summed E-state index contributed by atoms with van der Waals surface area (Å²) < 4.78 is 45.9. The fraction of sp³-hybridized carbons (Fsp3) is 0.364. The minimum absolute atomic E-state index is 0.0709. The minimum atomic E-state index is -4.77. The van der Waals surface area contributed by atoms with Crippen LogP contribution in [0, 0.1) is 11.8 Å². The molecule has 34 heavy (non-hydrogen) atoms. The van der Waals surface area contributed by atoms with Gasteiger partial charge in [0.2, 0.25) is 0 Å². The molecule has 2 atom stereocenters. The van der Waals surface area contributed by atoms with Crippen LogP contribution < -0.4 is 9.47 Å². The molecule has 1 N–H and O–H groups in total. The van der Waals surface area contributed by atoms with Crippen LogP contribution in [0.15, 0.2) is 42.5 Å². The molecule has 0 spiro atoms. The van der Waals surface area contributed by atoms with Crippen molar-refractivity contribution in [3.63, 3.8) is 0 Å². The summed E-state index contributed by atoms with van der Waals surface area (Å²) in [7, 11) is 0. The van der Waals surface area contributed by atoms with Crippen molar-refractivity contribution in [1.29, 1.82) is 0 Å². The first kappa shape index (κ1) is 22.0. The Bertz CT molecular complexity index is 1200. The van der Waals surface area contributed by atoms with Gasteiger partial charge in [0, 0.05) is 43.6 Å². The fourth-order valence-corrected chi connectivity index (χ4v) is 4.49. The Morgan fingerprint density at radius 3 is 2.21 bits per heavy atom. The number of nitrogens with one attached hydrogen (secondary N) is 1. The van der Waals surface area contributed by atoms with Crippen molar-refractivity contribution in [1.82, 2.24) is 25.2 Å².